The van der Waals surface area contributed by atoms with E-state index in [4.69, 9.17) is 23.2 Å². The highest BCUT2D eigenvalue weighted by atomic mass is 35.5. The van der Waals surface area contributed by atoms with E-state index in [1.807, 2.05) is 18.2 Å². The first-order valence-corrected chi connectivity index (χ1v) is 7.81. The van der Waals surface area contributed by atoms with Gasteiger partial charge in [0.2, 0.25) is 0 Å². The van der Waals surface area contributed by atoms with E-state index >= 15 is 0 Å². The largest absolute Gasteiger partial charge is 0.296 e. The van der Waals surface area contributed by atoms with Crippen LogP contribution in [0.1, 0.15) is 25.7 Å². The average molecular weight is 301 g/mol. The van der Waals surface area contributed by atoms with Crippen LogP contribution in [0.5, 0.6) is 0 Å². The van der Waals surface area contributed by atoms with Crippen molar-refractivity contribution < 1.29 is 4.79 Å². The molecule has 4 heteroatoms. The molecule has 2 aliphatic carbocycles. The first-order valence-electron chi connectivity index (χ1n) is 6.24. The Morgan fingerprint density at radius 3 is 2.61 bits per heavy atom. The van der Waals surface area contributed by atoms with Gasteiger partial charge in [0.1, 0.15) is 0 Å². The van der Waals surface area contributed by atoms with Gasteiger partial charge in [-0.2, -0.15) is 0 Å². The lowest BCUT2D eigenvalue weighted by molar-refractivity contribution is -0.135. The van der Waals surface area contributed by atoms with Crippen molar-refractivity contribution in [3.63, 3.8) is 0 Å². The fourth-order valence-corrected chi connectivity index (χ4v) is 5.60. The molecule has 1 aromatic rings. The van der Waals surface area contributed by atoms with Crippen LogP contribution in [0.25, 0.3) is 0 Å². The van der Waals surface area contributed by atoms with Crippen LogP contribution in [0, 0.1) is 5.92 Å². The van der Waals surface area contributed by atoms with Gasteiger partial charge in [-0.1, -0.05) is 54.2 Å². The third kappa shape index (κ3) is 1.65. The van der Waals surface area contributed by atoms with E-state index in [0.29, 0.717) is 0 Å². The van der Waals surface area contributed by atoms with Crippen LogP contribution >= 0.6 is 35.0 Å². The Kier molecular flexibility index (Phi) is 3.16. The highest BCUT2D eigenvalue weighted by molar-refractivity contribution is 8.01. The zero-order valence-corrected chi connectivity index (χ0v) is 12.2. The fourth-order valence-electron chi connectivity index (χ4n) is 3.10. The molecule has 2 aliphatic rings. The number of hydrogen-bond donors (Lipinski definition) is 0. The van der Waals surface area contributed by atoms with Gasteiger partial charge >= 0.3 is 0 Å². The Hall–Kier alpha value is -0.180. The second-order valence-corrected chi connectivity index (χ2v) is 7.77. The molecule has 1 nitrogen and oxygen atoms in total. The molecule has 0 N–H and O–H groups in total. The summed E-state index contributed by atoms with van der Waals surface area (Å²) in [5, 5.41) is 0. The molecule has 2 unspecified atom stereocenters. The summed E-state index contributed by atoms with van der Waals surface area (Å²) in [5.41, 5.74) is 0. The predicted molar refractivity (Wildman–Crippen MR) is 76.4 cm³/mol. The van der Waals surface area contributed by atoms with Gasteiger partial charge in [0.15, 0.2) is 10.1 Å². The maximum atomic E-state index is 12.0. The van der Waals surface area contributed by atoms with E-state index in [1.165, 1.54) is 0 Å². The number of Topliss-reactive ketones (excluding diaryl/α,β-unsaturated/α-hetero) is 1. The minimum Gasteiger partial charge on any atom is -0.296 e. The molecule has 0 bridgehead atoms. The van der Waals surface area contributed by atoms with Gasteiger partial charge in [0.25, 0.3) is 0 Å². The van der Waals surface area contributed by atoms with Gasteiger partial charge < -0.3 is 0 Å². The summed E-state index contributed by atoms with van der Waals surface area (Å²) in [6.45, 7) is 0. The zero-order chi connectivity index (χ0) is 12.8. The summed E-state index contributed by atoms with van der Waals surface area (Å²) in [4.78, 5) is 13.2. The molecule has 0 radical (unpaired) electrons. The van der Waals surface area contributed by atoms with Gasteiger partial charge in [0, 0.05) is 10.8 Å². The zero-order valence-electron chi connectivity index (χ0n) is 9.86. The summed E-state index contributed by atoms with van der Waals surface area (Å²) < 4.78 is -1.52. The molecule has 0 aliphatic heterocycles. The second kappa shape index (κ2) is 4.43. The van der Waals surface area contributed by atoms with Gasteiger partial charge in [-0.05, 0) is 25.0 Å². The summed E-state index contributed by atoms with van der Waals surface area (Å²) in [5.74, 6) is 0.0559. The minimum absolute atomic E-state index is 0.0222. The van der Waals surface area contributed by atoms with Crippen molar-refractivity contribution in [3.05, 3.63) is 30.3 Å². The van der Waals surface area contributed by atoms with E-state index in [2.05, 4.69) is 12.1 Å². The summed E-state index contributed by atoms with van der Waals surface area (Å²) in [6.07, 6.45) is 4.07. The highest BCUT2D eigenvalue weighted by Crippen LogP contribution is 2.66. The summed E-state index contributed by atoms with van der Waals surface area (Å²) in [6, 6.07) is 10.1. The third-order valence-corrected chi connectivity index (χ3v) is 6.99. The van der Waals surface area contributed by atoms with Crippen LogP contribution in [0.3, 0.4) is 0 Å². The number of rotatable bonds is 2. The van der Waals surface area contributed by atoms with E-state index in [-0.39, 0.29) is 16.4 Å². The molecule has 0 heterocycles. The first kappa shape index (κ1) is 12.8. The number of halogens is 2. The lowest BCUT2D eigenvalue weighted by Gasteiger charge is -2.58. The molecule has 2 atom stereocenters. The molecule has 0 amide bonds. The van der Waals surface area contributed by atoms with Crippen molar-refractivity contribution in [2.75, 3.05) is 0 Å². The van der Waals surface area contributed by atoms with Crippen LogP contribution in [0.4, 0.5) is 0 Å². The van der Waals surface area contributed by atoms with E-state index in [9.17, 15) is 4.79 Å². The van der Waals surface area contributed by atoms with Crippen LogP contribution in [0.2, 0.25) is 0 Å². The fraction of sp³-hybridized carbons (Fsp3) is 0.500. The van der Waals surface area contributed by atoms with Crippen molar-refractivity contribution in [2.45, 2.75) is 39.7 Å². The predicted octanol–water partition coefficient (Wildman–Crippen LogP) is 4.46. The van der Waals surface area contributed by atoms with Crippen LogP contribution in [-0.2, 0) is 4.79 Å². The maximum absolute atomic E-state index is 12.0. The highest BCUT2D eigenvalue weighted by Gasteiger charge is 2.71. The van der Waals surface area contributed by atoms with Gasteiger partial charge in [-0.15, -0.1) is 11.8 Å². The molecule has 1 aromatic carbocycles. The number of benzene rings is 1. The smallest absolute Gasteiger partial charge is 0.191 e. The Morgan fingerprint density at radius 2 is 1.89 bits per heavy atom. The van der Waals surface area contributed by atoms with Gasteiger partial charge in [-0.3, -0.25) is 4.79 Å². The third-order valence-electron chi connectivity index (χ3n) is 4.05. The number of fused-ring (bicyclic) bond motifs is 1. The molecular formula is C14H14Cl2OS. The van der Waals surface area contributed by atoms with E-state index < -0.39 is 4.33 Å². The quantitative estimate of drug-likeness (QED) is 0.750. The lowest BCUT2D eigenvalue weighted by atomic mass is 9.63. The first-order chi connectivity index (χ1) is 8.58. The standard InChI is InChI=1S/C14H14Cl2OS/c15-14(16)12(17)11-8-4-5-9-13(11,14)18-10-6-2-1-3-7-10/h1-3,6-7,11H,4-5,8-9H2. The lowest BCUT2D eigenvalue weighted by Crippen LogP contribution is -2.70. The summed E-state index contributed by atoms with van der Waals surface area (Å²) >= 11 is 14.3. The van der Waals surface area contributed by atoms with Crippen LogP contribution < -0.4 is 0 Å². The molecule has 3 rings (SSSR count). The number of alkyl halides is 2. The van der Waals surface area contributed by atoms with Crippen molar-refractivity contribution in [1.82, 2.24) is 0 Å². The molecule has 0 aromatic heterocycles. The Morgan fingerprint density at radius 1 is 1.17 bits per heavy atom. The molecule has 2 fully saturated rings. The Bertz CT molecular complexity index is 474. The number of carbonyl (C=O) groups is 1. The maximum Gasteiger partial charge on any atom is 0.191 e. The molecule has 2 saturated carbocycles. The SMILES string of the molecule is O=C1C2CCCCC2(Sc2ccccc2)C1(Cl)Cl. The van der Waals surface area contributed by atoms with E-state index in [0.717, 1.165) is 30.6 Å². The van der Waals surface area contributed by atoms with Gasteiger partial charge in [0.05, 0.1) is 4.75 Å². The van der Waals surface area contributed by atoms with Crippen molar-refractivity contribution >= 4 is 40.7 Å². The normalized spacial score (nSPS) is 33.7. The van der Waals surface area contributed by atoms with Crippen LogP contribution in [0.15, 0.2) is 35.2 Å². The minimum atomic E-state index is -1.21. The Labute approximate surface area is 121 Å². The number of ketones is 1. The van der Waals surface area contributed by atoms with E-state index in [1.54, 1.807) is 11.8 Å². The Balaban J connectivity index is 1.93. The van der Waals surface area contributed by atoms with Crippen molar-refractivity contribution in [2.24, 2.45) is 5.92 Å². The molecule has 18 heavy (non-hydrogen) atoms. The summed E-state index contributed by atoms with van der Waals surface area (Å²) in [7, 11) is 0. The number of hydrogen-bond acceptors (Lipinski definition) is 2. The van der Waals surface area contributed by atoms with Crippen molar-refractivity contribution in [3.8, 4) is 0 Å². The average Bonchev–Trinajstić information content (AvgIpc) is 2.39. The molecule has 0 spiro atoms. The molecule has 96 valence electrons. The molecular weight excluding hydrogens is 287 g/mol. The van der Waals surface area contributed by atoms with Gasteiger partial charge in [-0.25, -0.2) is 0 Å². The van der Waals surface area contributed by atoms with Crippen molar-refractivity contribution in [1.29, 1.82) is 0 Å². The second-order valence-electron chi connectivity index (χ2n) is 5.04. The number of carbonyl (C=O) groups excluding carboxylic acids is 1. The number of thioether (sulfide) groups is 1. The van der Waals surface area contributed by atoms with Crippen LogP contribution in [-0.4, -0.2) is 14.9 Å². The monoisotopic (exact) mass is 300 g/mol. The molecule has 0 saturated heterocycles. The topological polar surface area (TPSA) is 17.1 Å².